The van der Waals surface area contributed by atoms with Gasteiger partial charge in [0.05, 0.1) is 5.69 Å². The monoisotopic (exact) mass is 434 g/mol. The SMILES string of the molecule is CN(C)CCNC(=O)c1ccc(Nc2nc3cccc(-c4ccc(Cl)cc4)n3n2)cc1. The number of pyridine rings is 1. The average molecular weight is 435 g/mol. The fraction of sp³-hybridized carbons (Fsp3) is 0.174. The van der Waals surface area contributed by atoms with Crippen LogP contribution < -0.4 is 10.6 Å². The molecule has 158 valence electrons. The van der Waals surface area contributed by atoms with Gasteiger partial charge in [-0.25, -0.2) is 4.52 Å². The number of hydrogen-bond acceptors (Lipinski definition) is 5. The Hall–Kier alpha value is -3.42. The van der Waals surface area contributed by atoms with E-state index < -0.39 is 0 Å². The number of aromatic nitrogens is 3. The van der Waals surface area contributed by atoms with Gasteiger partial charge in [-0.3, -0.25) is 4.79 Å². The van der Waals surface area contributed by atoms with Gasteiger partial charge in [-0.2, -0.15) is 4.98 Å². The van der Waals surface area contributed by atoms with Crippen molar-refractivity contribution in [3.63, 3.8) is 0 Å². The zero-order valence-corrected chi connectivity index (χ0v) is 18.1. The van der Waals surface area contributed by atoms with Crippen LogP contribution in [0.2, 0.25) is 5.02 Å². The predicted molar refractivity (Wildman–Crippen MR) is 124 cm³/mol. The second kappa shape index (κ2) is 9.16. The summed E-state index contributed by atoms with van der Waals surface area (Å²) in [6.07, 6.45) is 0. The molecule has 2 N–H and O–H groups in total. The minimum absolute atomic E-state index is 0.0909. The molecule has 0 aliphatic rings. The quantitative estimate of drug-likeness (QED) is 0.458. The van der Waals surface area contributed by atoms with Gasteiger partial charge in [0.2, 0.25) is 5.95 Å². The lowest BCUT2D eigenvalue weighted by atomic mass is 10.1. The van der Waals surface area contributed by atoms with Crippen molar-refractivity contribution in [2.75, 3.05) is 32.5 Å². The van der Waals surface area contributed by atoms with Gasteiger partial charge in [0.25, 0.3) is 5.91 Å². The van der Waals surface area contributed by atoms with Gasteiger partial charge in [-0.1, -0.05) is 29.8 Å². The number of nitrogens with zero attached hydrogens (tertiary/aromatic N) is 4. The maximum atomic E-state index is 12.2. The normalized spacial score (nSPS) is 11.1. The lowest BCUT2D eigenvalue weighted by molar-refractivity contribution is 0.0951. The number of hydrogen-bond donors (Lipinski definition) is 2. The molecule has 0 aliphatic heterocycles. The third-order valence-corrected chi connectivity index (χ3v) is 5.00. The summed E-state index contributed by atoms with van der Waals surface area (Å²) in [4.78, 5) is 18.8. The molecule has 4 rings (SSSR count). The maximum absolute atomic E-state index is 12.2. The highest BCUT2D eigenvalue weighted by Gasteiger charge is 2.10. The fourth-order valence-corrected chi connectivity index (χ4v) is 3.25. The summed E-state index contributed by atoms with van der Waals surface area (Å²) in [6, 6.07) is 20.7. The summed E-state index contributed by atoms with van der Waals surface area (Å²) < 4.78 is 1.79. The maximum Gasteiger partial charge on any atom is 0.251 e. The van der Waals surface area contributed by atoms with Crippen molar-refractivity contribution in [3.05, 3.63) is 77.3 Å². The lowest BCUT2D eigenvalue weighted by Crippen LogP contribution is -2.31. The van der Waals surface area contributed by atoms with E-state index in [-0.39, 0.29) is 5.91 Å². The molecule has 0 aliphatic carbocycles. The molecule has 2 aromatic carbocycles. The largest absolute Gasteiger partial charge is 0.351 e. The smallest absolute Gasteiger partial charge is 0.251 e. The molecule has 0 radical (unpaired) electrons. The van der Waals surface area contributed by atoms with Crippen LogP contribution in [0.1, 0.15) is 10.4 Å². The minimum atomic E-state index is -0.0909. The van der Waals surface area contributed by atoms with Crippen LogP contribution in [0.3, 0.4) is 0 Å². The van der Waals surface area contributed by atoms with E-state index in [0.717, 1.165) is 29.1 Å². The predicted octanol–water partition coefficient (Wildman–Crippen LogP) is 4.08. The summed E-state index contributed by atoms with van der Waals surface area (Å²) in [6.45, 7) is 1.40. The van der Waals surface area contributed by atoms with Crippen molar-refractivity contribution < 1.29 is 4.79 Å². The molecule has 0 bridgehead atoms. The molecular formula is C23H23ClN6O. The number of amides is 1. The molecular weight excluding hydrogens is 412 g/mol. The summed E-state index contributed by atoms with van der Waals surface area (Å²) in [5, 5.41) is 11.4. The van der Waals surface area contributed by atoms with E-state index >= 15 is 0 Å². The Morgan fingerprint density at radius 2 is 1.77 bits per heavy atom. The van der Waals surface area contributed by atoms with Crippen molar-refractivity contribution in [2.24, 2.45) is 0 Å². The molecule has 2 heterocycles. The molecule has 0 saturated carbocycles. The Morgan fingerprint density at radius 3 is 2.48 bits per heavy atom. The van der Waals surface area contributed by atoms with E-state index in [9.17, 15) is 4.79 Å². The van der Waals surface area contributed by atoms with Gasteiger partial charge < -0.3 is 15.5 Å². The second-order valence-electron chi connectivity index (χ2n) is 7.38. The minimum Gasteiger partial charge on any atom is -0.351 e. The van der Waals surface area contributed by atoms with Crippen LogP contribution in [0.15, 0.2) is 66.7 Å². The molecule has 7 nitrogen and oxygen atoms in total. The zero-order chi connectivity index (χ0) is 21.8. The van der Waals surface area contributed by atoms with E-state index in [1.165, 1.54) is 0 Å². The number of rotatable bonds is 7. The van der Waals surface area contributed by atoms with Crippen LogP contribution >= 0.6 is 11.6 Å². The van der Waals surface area contributed by atoms with Crippen LogP contribution in [0, 0.1) is 0 Å². The van der Waals surface area contributed by atoms with Crippen molar-refractivity contribution in [1.29, 1.82) is 0 Å². The van der Waals surface area contributed by atoms with E-state index in [2.05, 4.69) is 20.7 Å². The highest BCUT2D eigenvalue weighted by molar-refractivity contribution is 6.30. The molecule has 1 amide bonds. The third-order valence-electron chi connectivity index (χ3n) is 4.75. The lowest BCUT2D eigenvalue weighted by Gasteiger charge is -2.10. The van der Waals surface area contributed by atoms with Gasteiger partial charge in [0.15, 0.2) is 5.65 Å². The molecule has 8 heteroatoms. The highest BCUT2D eigenvalue weighted by Crippen LogP contribution is 2.23. The van der Waals surface area contributed by atoms with Crippen molar-refractivity contribution in [2.45, 2.75) is 0 Å². The Balaban J connectivity index is 1.49. The van der Waals surface area contributed by atoms with Gasteiger partial charge in [0, 0.05) is 34.9 Å². The van der Waals surface area contributed by atoms with E-state index in [1.54, 1.807) is 16.6 Å². The van der Waals surface area contributed by atoms with Gasteiger partial charge in [-0.05, 0) is 62.6 Å². The average Bonchev–Trinajstić information content (AvgIpc) is 3.17. The Labute approximate surface area is 185 Å². The summed E-state index contributed by atoms with van der Waals surface area (Å²) >= 11 is 6.01. The number of fused-ring (bicyclic) bond motifs is 1. The topological polar surface area (TPSA) is 74.6 Å². The Morgan fingerprint density at radius 1 is 1.03 bits per heavy atom. The zero-order valence-electron chi connectivity index (χ0n) is 17.3. The number of benzene rings is 2. The van der Waals surface area contributed by atoms with Crippen molar-refractivity contribution in [3.8, 4) is 11.3 Å². The summed E-state index contributed by atoms with van der Waals surface area (Å²) in [7, 11) is 3.94. The van der Waals surface area contributed by atoms with Crippen LogP contribution in [0.25, 0.3) is 16.9 Å². The Bertz CT molecular complexity index is 1190. The molecule has 0 atom stereocenters. The van der Waals surface area contributed by atoms with Gasteiger partial charge in [0.1, 0.15) is 0 Å². The van der Waals surface area contributed by atoms with Crippen molar-refractivity contribution in [1.82, 2.24) is 24.8 Å². The first-order valence-corrected chi connectivity index (χ1v) is 10.3. The number of carbonyl (C=O) groups is 1. The first-order chi connectivity index (χ1) is 15.0. The van der Waals surface area contributed by atoms with Crippen LogP contribution in [0.5, 0.6) is 0 Å². The standard InChI is InChI=1S/C23H23ClN6O/c1-29(2)15-14-25-22(31)17-8-12-19(13-9-17)26-23-27-21-5-3-4-20(30(21)28-23)16-6-10-18(24)11-7-16/h3-13H,14-15H2,1-2H3,(H,25,31)(H,26,28). The number of nitrogens with one attached hydrogen (secondary N) is 2. The first kappa shape index (κ1) is 20.8. The number of halogens is 1. The first-order valence-electron chi connectivity index (χ1n) is 9.91. The molecule has 0 unspecified atom stereocenters. The summed E-state index contributed by atoms with van der Waals surface area (Å²) in [5.74, 6) is 0.386. The van der Waals surface area contributed by atoms with E-state index in [4.69, 9.17) is 11.6 Å². The molecule has 0 fully saturated rings. The molecule has 31 heavy (non-hydrogen) atoms. The molecule has 4 aromatic rings. The number of carbonyl (C=O) groups excluding carboxylic acids is 1. The van der Waals surface area contributed by atoms with Crippen LogP contribution in [0.4, 0.5) is 11.6 Å². The van der Waals surface area contributed by atoms with Crippen LogP contribution in [-0.4, -0.2) is 52.6 Å². The van der Waals surface area contributed by atoms with Crippen LogP contribution in [-0.2, 0) is 0 Å². The summed E-state index contributed by atoms with van der Waals surface area (Å²) in [5.41, 5.74) is 4.05. The van der Waals surface area contributed by atoms with Gasteiger partial charge >= 0.3 is 0 Å². The van der Waals surface area contributed by atoms with Crippen molar-refractivity contribution >= 4 is 34.8 Å². The van der Waals surface area contributed by atoms with E-state index in [0.29, 0.717) is 23.1 Å². The second-order valence-corrected chi connectivity index (χ2v) is 7.82. The van der Waals surface area contributed by atoms with E-state index in [1.807, 2.05) is 73.6 Å². The number of anilines is 2. The molecule has 0 saturated heterocycles. The Kier molecular flexibility index (Phi) is 6.16. The third kappa shape index (κ3) is 5.02. The molecule has 2 aromatic heterocycles. The highest BCUT2D eigenvalue weighted by atomic mass is 35.5. The fourth-order valence-electron chi connectivity index (χ4n) is 3.13. The number of likely N-dealkylation sites (N-methyl/N-ethyl adjacent to an activating group) is 1. The molecule has 0 spiro atoms. The van der Waals surface area contributed by atoms with Gasteiger partial charge in [-0.15, -0.1) is 5.10 Å².